The average Bonchev–Trinajstić information content (AvgIpc) is 3.27. The van der Waals surface area contributed by atoms with Crippen LogP contribution in [-0.4, -0.2) is 50.5 Å². The molecule has 1 aromatic heterocycles. The van der Waals surface area contributed by atoms with Gasteiger partial charge in [0, 0.05) is 35.8 Å². The molecule has 174 valence electrons. The van der Waals surface area contributed by atoms with Crippen molar-refractivity contribution in [2.45, 2.75) is 27.4 Å². The number of primary amides is 1. The lowest BCUT2D eigenvalue weighted by molar-refractivity contribution is -0.122. The summed E-state index contributed by atoms with van der Waals surface area (Å²) in [7, 11) is -3.95. The van der Waals surface area contributed by atoms with Gasteiger partial charge in [-0.2, -0.15) is 0 Å². The van der Waals surface area contributed by atoms with Crippen molar-refractivity contribution in [3.05, 3.63) is 60.4 Å². The Bertz CT molecular complexity index is 1230. The number of carbonyl (C=O) groups excluding carboxylic acids is 2. The molecule has 1 saturated heterocycles. The molecule has 4 rings (SSSR count). The maximum Gasteiger partial charge on any atom is 0.287 e. The predicted molar refractivity (Wildman–Crippen MR) is 125 cm³/mol. The number of ether oxygens (including phenoxy) is 1. The fourth-order valence-corrected chi connectivity index (χ4v) is 6.49. The predicted octanol–water partition coefficient (Wildman–Crippen LogP) is 2.76. The molecule has 3 N–H and O–H groups in total. The molecule has 1 aliphatic heterocycles. The first-order valence-electron chi connectivity index (χ1n) is 10.5. The molecule has 8 nitrogen and oxygen atoms in total. The van der Waals surface area contributed by atoms with Crippen molar-refractivity contribution < 1.29 is 27.2 Å². The lowest BCUT2D eigenvalue weighted by atomic mass is 9.98. The van der Waals surface area contributed by atoms with E-state index in [1.807, 2.05) is 18.2 Å². The third-order valence-electron chi connectivity index (χ3n) is 5.70. The number of benzene rings is 2. The molecule has 0 aliphatic carbocycles. The molecule has 0 atom stereocenters. The van der Waals surface area contributed by atoms with E-state index in [-0.39, 0.29) is 42.6 Å². The molecular weight excluding hydrogens is 464 g/mol. The van der Waals surface area contributed by atoms with Gasteiger partial charge in [-0.15, -0.1) is 11.8 Å². The van der Waals surface area contributed by atoms with Crippen molar-refractivity contribution in [2.24, 2.45) is 5.73 Å². The van der Waals surface area contributed by atoms with Crippen LogP contribution >= 0.6 is 11.8 Å². The average molecular weight is 489 g/mol. The zero-order valence-corrected chi connectivity index (χ0v) is 19.4. The summed E-state index contributed by atoms with van der Waals surface area (Å²) in [6, 6.07) is 15.5. The van der Waals surface area contributed by atoms with Gasteiger partial charge in [0.25, 0.3) is 5.91 Å². The first kappa shape index (κ1) is 23.3. The number of hydrogen-bond donors (Lipinski definition) is 2. The van der Waals surface area contributed by atoms with E-state index < -0.39 is 20.5 Å². The highest BCUT2D eigenvalue weighted by atomic mass is 32.2. The van der Waals surface area contributed by atoms with Crippen LogP contribution in [0.1, 0.15) is 23.4 Å². The molecule has 10 heteroatoms. The summed E-state index contributed by atoms with van der Waals surface area (Å²) in [6.07, 6.45) is 0.0954. The van der Waals surface area contributed by atoms with Crippen molar-refractivity contribution in [2.75, 3.05) is 25.5 Å². The minimum atomic E-state index is -3.95. The van der Waals surface area contributed by atoms with Crippen LogP contribution in [0, 0.1) is 0 Å². The van der Waals surface area contributed by atoms with Crippen LogP contribution in [0.4, 0.5) is 0 Å². The molecule has 2 amide bonds. The third kappa shape index (κ3) is 4.64. The minimum Gasteiger partial charge on any atom is -0.451 e. The number of thioether (sulfide) groups is 1. The topological polar surface area (TPSA) is 129 Å². The molecule has 0 saturated carbocycles. The Balaban J connectivity index is 1.34. The molecule has 0 spiro atoms. The molecular formula is C23H24N2O6S2. The van der Waals surface area contributed by atoms with Crippen LogP contribution in [0.5, 0.6) is 0 Å². The number of furan rings is 1. The summed E-state index contributed by atoms with van der Waals surface area (Å²) in [5.74, 6) is -0.293. The van der Waals surface area contributed by atoms with E-state index in [1.54, 1.807) is 24.3 Å². The Morgan fingerprint density at radius 1 is 1.06 bits per heavy atom. The number of fused-ring (bicyclic) bond motifs is 1. The summed E-state index contributed by atoms with van der Waals surface area (Å²) in [5, 5.41) is 3.68. The van der Waals surface area contributed by atoms with Gasteiger partial charge in [0.15, 0.2) is 20.3 Å². The van der Waals surface area contributed by atoms with Gasteiger partial charge in [0.2, 0.25) is 5.91 Å². The minimum absolute atomic E-state index is 0.0477. The van der Waals surface area contributed by atoms with Gasteiger partial charge in [-0.1, -0.05) is 18.2 Å². The van der Waals surface area contributed by atoms with E-state index in [1.165, 1.54) is 23.9 Å². The lowest BCUT2D eigenvalue weighted by Gasteiger charge is -2.33. The van der Waals surface area contributed by atoms with Crippen molar-refractivity contribution in [1.82, 2.24) is 5.32 Å². The second kappa shape index (κ2) is 9.58. The van der Waals surface area contributed by atoms with E-state index in [0.717, 1.165) is 10.3 Å². The van der Waals surface area contributed by atoms with Crippen molar-refractivity contribution in [3.63, 3.8) is 0 Å². The number of sulfone groups is 1. The normalized spacial score (nSPS) is 15.9. The van der Waals surface area contributed by atoms with Gasteiger partial charge in [-0.3, -0.25) is 9.59 Å². The van der Waals surface area contributed by atoms with Gasteiger partial charge in [0.1, 0.15) is 5.58 Å². The molecule has 3 aromatic rings. The molecule has 1 aliphatic rings. The van der Waals surface area contributed by atoms with E-state index in [4.69, 9.17) is 14.9 Å². The Hall–Kier alpha value is -2.82. The molecule has 1 fully saturated rings. The molecule has 2 heterocycles. The quantitative estimate of drug-likeness (QED) is 0.368. The highest BCUT2D eigenvalue weighted by Gasteiger charge is 2.51. The highest BCUT2D eigenvalue weighted by Crippen LogP contribution is 2.35. The monoisotopic (exact) mass is 488 g/mol. The first-order valence-corrected chi connectivity index (χ1v) is 12.9. The number of nitrogens with one attached hydrogen (secondary N) is 1. The van der Waals surface area contributed by atoms with Crippen molar-refractivity contribution in [1.29, 1.82) is 0 Å². The molecule has 0 unspecified atom stereocenters. The van der Waals surface area contributed by atoms with Crippen LogP contribution in [0.3, 0.4) is 0 Å². The second-order valence-electron chi connectivity index (χ2n) is 7.70. The first-order chi connectivity index (χ1) is 15.8. The summed E-state index contributed by atoms with van der Waals surface area (Å²) in [5.41, 5.74) is 6.16. The Kier molecular flexibility index (Phi) is 6.78. The van der Waals surface area contributed by atoms with Crippen LogP contribution < -0.4 is 11.1 Å². The van der Waals surface area contributed by atoms with Crippen molar-refractivity contribution >= 4 is 44.4 Å². The number of para-hydroxylation sites is 1. The Labute approximate surface area is 195 Å². The summed E-state index contributed by atoms with van der Waals surface area (Å²) < 4.78 is 35.5. The maximum absolute atomic E-state index is 13.2. The van der Waals surface area contributed by atoms with Crippen LogP contribution in [0.2, 0.25) is 0 Å². The van der Waals surface area contributed by atoms with E-state index in [9.17, 15) is 18.0 Å². The van der Waals surface area contributed by atoms with E-state index >= 15 is 0 Å². The SMILES string of the molecule is NC(=O)C1(S(=O)(=O)c2ccc(SCCNC(=O)c3cc4ccccc4o3)cc2)CCOCC1. The second-order valence-corrected chi connectivity index (χ2v) is 11.1. The van der Waals surface area contributed by atoms with Crippen LogP contribution in [-0.2, 0) is 19.4 Å². The smallest absolute Gasteiger partial charge is 0.287 e. The molecule has 33 heavy (non-hydrogen) atoms. The van der Waals surface area contributed by atoms with Crippen molar-refractivity contribution in [3.8, 4) is 0 Å². The molecule has 0 bridgehead atoms. The van der Waals surface area contributed by atoms with E-state index in [2.05, 4.69) is 5.32 Å². The van der Waals surface area contributed by atoms with E-state index in [0.29, 0.717) is 17.9 Å². The molecule has 2 aromatic carbocycles. The van der Waals surface area contributed by atoms with Gasteiger partial charge >= 0.3 is 0 Å². The lowest BCUT2D eigenvalue weighted by Crippen LogP contribution is -2.53. The zero-order chi connectivity index (χ0) is 23.5. The Morgan fingerprint density at radius 2 is 1.76 bits per heavy atom. The number of hydrogen-bond acceptors (Lipinski definition) is 7. The van der Waals surface area contributed by atoms with Gasteiger partial charge in [-0.05, 0) is 49.2 Å². The van der Waals surface area contributed by atoms with Crippen LogP contribution in [0.15, 0.2) is 68.8 Å². The maximum atomic E-state index is 13.2. The van der Waals surface area contributed by atoms with Gasteiger partial charge in [-0.25, -0.2) is 8.42 Å². The summed E-state index contributed by atoms with van der Waals surface area (Å²) >= 11 is 1.47. The number of rotatable bonds is 8. The fraction of sp³-hybridized carbons (Fsp3) is 0.304. The fourth-order valence-electron chi connectivity index (χ4n) is 3.80. The molecule has 0 radical (unpaired) electrons. The number of nitrogens with two attached hydrogens (primary N) is 1. The number of carbonyl (C=O) groups is 2. The summed E-state index contributed by atoms with van der Waals surface area (Å²) in [6.45, 7) is 0.761. The Morgan fingerprint density at radius 3 is 2.42 bits per heavy atom. The largest absolute Gasteiger partial charge is 0.451 e. The third-order valence-corrected chi connectivity index (χ3v) is 9.25. The number of amides is 2. The van der Waals surface area contributed by atoms with Crippen LogP contribution in [0.25, 0.3) is 11.0 Å². The standard InChI is InChI=1S/C23H24N2O6S2/c24-22(27)23(9-12-30-13-10-23)33(28,29)18-7-5-17(6-8-18)32-14-11-25-21(26)20-15-16-3-1-2-4-19(16)31-20/h1-8,15H,9-14H2,(H2,24,27)(H,25,26). The van der Waals surface area contributed by atoms with Gasteiger partial charge < -0.3 is 20.2 Å². The summed E-state index contributed by atoms with van der Waals surface area (Å²) in [4.78, 5) is 25.3. The van der Waals surface area contributed by atoms with Gasteiger partial charge in [0.05, 0.1) is 4.90 Å². The zero-order valence-electron chi connectivity index (χ0n) is 17.8. The highest BCUT2D eigenvalue weighted by molar-refractivity contribution is 7.99.